The van der Waals surface area contributed by atoms with Gasteiger partial charge in [0.2, 0.25) is 5.91 Å². The standard InChI is InChI=1S/C34H42FN3O4/c1-21-28(24-10-14-26(15-11-24)37-27(39)20-23-8-12-25(35)13-9-23)30(38-18-16-34(6,7)17-19-38)29(22(2)36-21)31(32(40)41)42-33(3,4)5/h8-15,31H,16-20H2,1-7H3,(H,37,39)(H,40,41)/t31-/m0/s1. The number of amides is 1. The molecular weight excluding hydrogens is 533 g/mol. The molecule has 0 saturated carbocycles. The van der Waals surface area contributed by atoms with Gasteiger partial charge in [0.25, 0.3) is 0 Å². The van der Waals surface area contributed by atoms with Crippen LogP contribution < -0.4 is 10.2 Å². The van der Waals surface area contributed by atoms with Gasteiger partial charge in [0, 0.05) is 41.3 Å². The Morgan fingerprint density at radius 2 is 1.62 bits per heavy atom. The Hall–Kier alpha value is -3.78. The summed E-state index contributed by atoms with van der Waals surface area (Å²) in [5.74, 6) is -1.60. The summed E-state index contributed by atoms with van der Waals surface area (Å²) < 4.78 is 19.4. The number of ether oxygens (including phenoxy) is 1. The van der Waals surface area contributed by atoms with Crippen molar-refractivity contribution in [1.82, 2.24) is 4.98 Å². The number of aliphatic carboxylic acids is 1. The third-order valence-corrected chi connectivity index (χ3v) is 7.71. The van der Waals surface area contributed by atoms with E-state index in [1.807, 2.05) is 58.9 Å². The van der Waals surface area contributed by atoms with Gasteiger partial charge in [-0.2, -0.15) is 0 Å². The second-order valence-electron chi connectivity index (χ2n) is 12.9. The number of anilines is 2. The Balaban J connectivity index is 1.74. The van der Waals surface area contributed by atoms with Crippen LogP contribution in [0, 0.1) is 25.1 Å². The van der Waals surface area contributed by atoms with Gasteiger partial charge in [-0.25, -0.2) is 9.18 Å². The summed E-state index contributed by atoms with van der Waals surface area (Å²) in [6.07, 6.45) is 0.894. The van der Waals surface area contributed by atoms with E-state index in [0.29, 0.717) is 16.9 Å². The summed E-state index contributed by atoms with van der Waals surface area (Å²) in [6, 6.07) is 13.4. The number of rotatable bonds is 8. The number of benzene rings is 2. The van der Waals surface area contributed by atoms with E-state index in [0.717, 1.165) is 54.0 Å². The summed E-state index contributed by atoms with van der Waals surface area (Å²) in [6.45, 7) is 15.5. The molecule has 0 bridgehead atoms. The summed E-state index contributed by atoms with van der Waals surface area (Å²) in [4.78, 5) is 32.4. The van der Waals surface area contributed by atoms with E-state index >= 15 is 0 Å². The highest BCUT2D eigenvalue weighted by molar-refractivity contribution is 5.93. The molecule has 1 aliphatic heterocycles. The summed E-state index contributed by atoms with van der Waals surface area (Å²) in [7, 11) is 0. The fourth-order valence-corrected chi connectivity index (χ4v) is 5.47. The summed E-state index contributed by atoms with van der Waals surface area (Å²) in [5, 5.41) is 13.3. The van der Waals surface area contributed by atoms with E-state index in [1.165, 1.54) is 12.1 Å². The monoisotopic (exact) mass is 575 g/mol. The first-order chi connectivity index (χ1) is 19.6. The van der Waals surface area contributed by atoms with Crippen molar-refractivity contribution in [3.05, 3.63) is 76.9 Å². The lowest BCUT2D eigenvalue weighted by molar-refractivity contribution is -0.160. The first kappa shape index (κ1) is 31.2. The third-order valence-electron chi connectivity index (χ3n) is 7.71. The molecule has 1 saturated heterocycles. The molecule has 1 atom stereocenters. The molecule has 1 aromatic heterocycles. The first-order valence-corrected chi connectivity index (χ1v) is 14.4. The van der Waals surface area contributed by atoms with Crippen molar-refractivity contribution in [2.24, 2.45) is 5.41 Å². The number of hydrogen-bond acceptors (Lipinski definition) is 5. The van der Waals surface area contributed by atoms with Gasteiger partial charge in [0.1, 0.15) is 5.82 Å². The third kappa shape index (κ3) is 7.53. The van der Waals surface area contributed by atoms with Crippen LogP contribution in [-0.4, -0.2) is 40.7 Å². The number of piperidine rings is 1. The second-order valence-corrected chi connectivity index (χ2v) is 12.9. The molecule has 1 fully saturated rings. The quantitative estimate of drug-likeness (QED) is 0.294. The number of nitrogens with zero attached hydrogens (tertiary/aromatic N) is 2. The average Bonchev–Trinajstić information content (AvgIpc) is 2.89. The highest BCUT2D eigenvalue weighted by Crippen LogP contribution is 2.45. The van der Waals surface area contributed by atoms with Crippen LogP contribution in [0.15, 0.2) is 48.5 Å². The molecule has 42 heavy (non-hydrogen) atoms. The predicted octanol–water partition coefficient (Wildman–Crippen LogP) is 7.25. The van der Waals surface area contributed by atoms with Crippen LogP contribution in [0.5, 0.6) is 0 Å². The number of pyridine rings is 1. The molecule has 0 radical (unpaired) electrons. The van der Waals surface area contributed by atoms with Crippen molar-refractivity contribution in [2.75, 3.05) is 23.3 Å². The number of carbonyl (C=O) groups excluding carboxylic acids is 1. The average molecular weight is 576 g/mol. The van der Waals surface area contributed by atoms with Crippen LogP contribution in [0.2, 0.25) is 0 Å². The number of carboxylic acids is 1. The van der Waals surface area contributed by atoms with Gasteiger partial charge in [0.15, 0.2) is 6.10 Å². The predicted molar refractivity (Wildman–Crippen MR) is 164 cm³/mol. The zero-order chi connectivity index (χ0) is 30.8. The topological polar surface area (TPSA) is 91.8 Å². The van der Waals surface area contributed by atoms with Crippen molar-refractivity contribution < 1.29 is 23.8 Å². The van der Waals surface area contributed by atoms with Crippen LogP contribution in [-0.2, 0) is 20.7 Å². The minimum Gasteiger partial charge on any atom is -0.479 e. The van der Waals surface area contributed by atoms with E-state index in [4.69, 9.17) is 9.72 Å². The molecule has 2 N–H and O–H groups in total. The van der Waals surface area contributed by atoms with E-state index < -0.39 is 17.7 Å². The molecular formula is C34H42FN3O4. The van der Waals surface area contributed by atoms with Gasteiger partial charge in [-0.1, -0.05) is 38.1 Å². The van der Waals surface area contributed by atoms with Crippen LogP contribution in [0.3, 0.4) is 0 Å². The highest BCUT2D eigenvalue weighted by atomic mass is 19.1. The lowest BCUT2D eigenvalue weighted by Crippen LogP contribution is -2.39. The molecule has 1 aliphatic rings. The maximum Gasteiger partial charge on any atom is 0.337 e. The van der Waals surface area contributed by atoms with Gasteiger partial charge in [-0.15, -0.1) is 0 Å². The largest absolute Gasteiger partial charge is 0.479 e. The minimum absolute atomic E-state index is 0.131. The van der Waals surface area contributed by atoms with Crippen molar-refractivity contribution >= 4 is 23.3 Å². The fourth-order valence-electron chi connectivity index (χ4n) is 5.47. The smallest absolute Gasteiger partial charge is 0.337 e. The lowest BCUT2D eigenvalue weighted by Gasteiger charge is -2.41. The molecule has 0 unspecified atom stereocenters. The maximum absolute atomic E-state index is 13.2. The molecule has 2 heterocycles. The van der Waals surface area contributed by atoms with Crippen molar-refractivity contribution in [2.45, 2.75) is 79.4 Å². The number of aryl methyl sites for hydroxylation is 2. The van der Waals surface area contributed by atoms with Gasteiger partial charge >= 0.3 is 5.97 Å². The van der Waals surface area contributed by atoms with Crippen molar-refractivity contribution in [3.8, 4) is 11.1 Å². The van der Waals surface area contributed by atoms with E-state index in [9.17, 15) is 19.1 Å². The Morgan fingerprint density at radius 1 is 1.02 bits per heavy atom. The molecule has 4 rings (SSSR count). The van der Waals surface area contributed by atoms with Crippen LogP contribution in [0.4, 0.5) is 15.8 Å². The number of aromatic nitrogens is 1. The summed E-state index contributed by atoms with van der Waals surface area (Å²) in [5.41, 5.74) is 5.46. The molecule has 3 aromatic rings. The maximum atomic E-state index is 13.2. The molecule has 1 amide bonds. The molecule has 224 valence electrons. The molecule has 2 aromatic carbocycles. The van der Waals surface area contributed by atoms with E-state index in [-0.39, 0.29) is 23.6 Å². The number of hydrogen-bond donors (Lipinski definition) is 2. The molecule has 0 spiro atoms. The van der Waals surface area contributed by atoms with Crippen LogP contribution in [0.25, 0.3) is 11.1 Å². The Kier molecular flexibility index (Phi) is 9.06. The number of carboxylic acid groups (broad SMARTS) is 1. The Labute approximate surface area is 248 Å². The normalized spacial score (nSPS) is 15.8. The molecule has 8 heteroatoms. The van der Waals surface area contributed by atoms with E-state index in [2.05, 4.69) is 24.1 Å². The fraction of sp³-hybridized carbons (Fsp3) is 0.441. The molecule has 7 nitrogen and oxygen atoms in total. The minimum atomic E-state index is -1.19. The van der Waals surface area contributed by atoms with Gasteiger partial charge in [0.05, 0.1) is 17.7 Å². The highest BCUT2D eigenvalue weighted by Gasteiger charge is 2.36. The zero-order valence-corrected chi connectivity index (χ0v) is 25.7. The van der Waals surface area contributed by atoms with Gasteiger partial charge in [-0.3, -0.25) is 9.78 Å². The number of carbonyl (C=O) groups is 2. The van der Waals surface area contributed by atoms with Gasteiger partial charge in [-0.05, 0) is 88.3 Å². The SMILES string of the molecule is Cc1nc(C)c([C@H](OC(C)(C)C)C(=O)O)c(N2CCC(C)(C)CC2)c1-c1ccc(NC(=O)Cc2ccc(F)cc2)cc1. The van der Waals surface area contributed by atoms with Crippen molar-refractivity contribution in [1.29, 1.82) is 0 Å². The Bertz CT molecular complexity index is 1430. The Morgan fingerprint density at radius 3 is 2.17 bits per heavy atom. The molecule has 0 aliphatic carbocycles. The summed E-state index contributed by atoms with van der Waals surface area (Å²) >= 11 is 0. The zero-order valence-electron chi connectivity index (χ0n) is 25.7. The second kappa shape index (κ2) is 12.2. The van der Waals surface area contributed by atoms with E-state index in [1.54, 1.807) is 12.1 Å². The van der Waals surface area contributed by atoms with Crippen molar-refractivity contribution in [3.63, 3.8) is 0 Å². The van der Waals surface area contributed by atoms with Crippen LogP contribution in [0.1, 0.15) is 76.1 Å². The lowest BCUT2D eigenvalue weighted by atomic mass is 9.82. The number of nitrogens with one attached hydrogen (secondary N) is 1. The van der Waals surface area contributed by atoms with Crippen LogP contribution >= 0.6 is 0 Å². The first-order valence-electron chi connectivity index (χ1n) is 14.4. The number of halogens is 1. The van der Waals surface area contributed by atoms with Gasteiger partial charge < -0.3 is 20.1 Å².